The molecule has 0 aliphatic heterocycles. The summed E-state index contributed by atoms with van der Waals surface area (Å²) >= 11 is 0. The summed E-state index contributed by atoms with van der Waals surface area (Å²) in [6, 6.07) is 15.4. The minimum Gasteiger partial charge on any atom is -0.497 e. The van der Waals surface area contributed by atoms with Crippen molar-refractivity contribution in [1.82, 2.24) is 5.32 Å². The van der Waals surface area contributed by atoms with Crippen LogP contribution in [-0.2, 0) is 5.41 Å². The Hall–Kier alpha value is -2.69. The van der Waals surface area contributed by atoms with E-state index in [4.69, 9.17) is 9.47 Å². The van der Waals surface area contributed by atoms with Gasteiger partial charge in [-0.25, -0.2) is 4.79 Å². The van der Waals surface area contributed by atoms with Crippen molar-refractivity contribution in [2.24, 2.45) is 0 Å². The van der Waals surface area contributed by atoms with E-state index >= 15 is 0 Å². The van der Waals surface area contributed by atoms with Crippen molar-refractivity contribution in [2.75, 3.05) is 26.1 Å². The number of urea groups is 1. The van der Waals surface area contributed by atoms with Gasteiger partial charge in [-0.15, -0.1) is 0 Å². The van der Waals surface area contributed by atoms with Gasteiger partial charge in [-0.1, -0.05) is 31.0 Å². The van der Waals surface area contributed by atoms with Crippen LogP contribution < -0.4 is 20.1 Å². The average molecular weight is 354 g/mol. The van der Waals surface area contributed by atoms with Gasteiger partial charge in [-0.3, -0.25) is 0 Å². The highest BCUT2D eigenvalue weighted by Crippen LogP contribution is 2.41. The van der Waals surface area contributed by atoms with Gasteiger partial charge in [-0.05, 0) is 42.7 Å². The maximum absolute atomic E-state index is 12.4. The van der Waals surface area contributed by atoms with E-state index < -0.39 is 0 Å². The van der Waals surface area contributed by atoms with E-state index in [1.807, 2.05) is 30.3 Å². The van der Waals surface area contributed by atoms with Gasteiger partial charge in [0.2, 0.25) is 0 Å². The molecule has 1 aliphatic rings. The second-order valence-corrected chi connectivity index (χ2v) is 6.76. The molecule has 0 bridgehead atoms. The third-order valence-corrected chi connectivity index (χ3v) is 5.18. The van der Waals surface area contributed by atoms with Crippen LogP contribution >= 0.6 is 0 Å². The number of carbonyl (C=O) groups is 1. The second kappa shape index (κ2) is 8.13. The lowest BCUT2D eigenvalue weighted by Gasteiger charge is -2.30. The van der Waals surface area contributed by atoms with Gasteiger partial charge in [0.1, 0.15) is 11.5 Å². The standard InChI is InChI=1S/C21H26N2O3/c1-25-18-10-8-16(9-11-18)21(12-3-4-13-21)15-22-20(24)23-17-6-5-7-19(14-17)26-2/h5-11,14H,3-4,12-13,15H2,1-2H3,(H2,22,23,24). The van der Waals surface area contributed by atoms with Crippen molar-refractivity contribution >= 4 is 11.7 Å². The van der Waals surface area contributed by atoms with E-state index in [1.165, 1.54) is 18.4 Å². The van der Waals surface area contributed by atoms with Gasteiger partial charge >= 0.3 is 6.03 Å². The average Bonchev–Trinajstić information content (AvgIpc) is 3.17. The van der Waals surface area contributed by atoms with Gasteiger partial charge in [0.15, 0.2) is 0 Å². The van der Waals surface area contributed by atoms with E-state index in [9.17, 15) is 4.79 Å². The topological polar surface area (TPSA) is 59.6 Å². The molecule has 0 unspecified atom stereocenters. The van der Waals surface area contributed by atoms with Crippen molar-refractivity contribution in [1.29, 1.82) is 0 Å². The molecule has 0 radical (unpaired) electrons. The van der Waals surface area contributed by atoms with Crippen LogP contribution in [0.5, 0.6) is 11.5 Å². The lowest BCUT2D eigenvalue weighted by Crippen LogP contribution is -2.40. The Kier molecular flexibility index (Phi) is 5.66. The molecule has 0 spiro atoms. The molecule has 0 atom stereocenters. The Morgan fingerprint density at radius 1 is 1.00 bits per heavy atom. The SMILES string of the molecule is COc1ccc(C2(CNC(=O)Nc3cccc(OC)c3)CCCC2)cc1. The summed E-state index contributed by atoms with van der Waals surface area (Å²) < 4.78 is 10.4. The summed E-state index contributed by atoms with van der Waals surface area (Å²) in [5, 5.41) is 5.93. The Morgan fingerprint density at radius 3 is 2.35 bits per heavy atom. The molecule has 3 rings (SSSR count). The van der Waals surface area contributed by atoms with Crippen LogP contribution in [0.25, 0.3) is 0 Å². The van der Waals surface area contributed by atoms with Crippen LogP contribution in [0.3, 0.4) is 0 Å². The highest BCUT2D eigenvalue weighted by atomic mass is 16.5. The monoisotopic (exact) mass is 354 g/mol. The molecule has 1 saturated carbocycles. The zero-order valence-corrected chi connectivity index (χ0v) is 15.4. The number of amides is 2. The van der Waals surface area contributed by atoms with Crippen molar-refractivity contribution in [2.45, 2.75) is 31.1 Å². The summed E-state index contributed by atoms with van der Waals surface area (Å²) in [4.78, 5) is 12.4. The quantitative estimate of drug-likeness (QED) is 0.811. The minimum atomic E-state index is -0.196. The van der Waals surface area contributed by atoms with Crippen molar-refractivity contribution in [3.05, 3.63) is 54.1 Å². The second-order valence-electron chi connectivity index (χ2n) is 6.76. The lowest BCUT2D eigenvalue weighted by molar-refractivity contribution is 0.248. The number of nitrogens with one attached hydrogen (secondary N) is 2. The number of ether oxygens (including phenoxy) is 2. The molecule has 0 aromatic heterocycles. The summed E-state index contributed by atoms with van der Waals surface area (Å²) in [5.74, 6) is 1.57. The molecule has 26 heavy (non-hydrogen) atoms. The third kappa shape index (κ3) is 4.10. The van der Waals surface area contributed by atoms with E-state index in [1.54, 1.807) is 20.3 Å². The number of hydrogen-bond acceptors (Lipinski definition) is 3. The molecule has 138 valence electrons. The van der Waals surface area contributed by atoms with E-state index in [2.05, 4.69) is 22.8 Å². The van der Waals surface area contributed by atoms with Crippen LogP contribution in [-0.4, -0.2) is 26.8 Å². The van der Waals surface area contributed by atoms with Gasteiger partial charge in [-0.2, -0.15) is 0 Å². The van der Waals surface area contributed by atoms with Gasteiger partial charge in [0, 0.05) is 23.7 Å². The molecule has 5 nitrogen and oxygen atoms in total. The fourth-order valence-corrected chi connectivity index (χ4v) is 3.69. The Morgan fingerprint density at radius 2 is 1.69 bits per heavy atom. The van der Waals surface area contributed by atoms with Crippen molar-refractivity contribution in [3.8, 4) is 11.5 Å². The molecule has 2 amide bonds. The number of anilines is 1. The molecule has 2 aromatic carbocycles. The zero-order valence-electron chi connectivity index (χ0n) is 15.4. The summed E-state index contributed by atoms with van der Waals surface area (Å²) in [7, 11) is 3.28. The molecular formula is C21H26N2O3. The van der Waals surface area contributed by atoms with Crippen molar-refractivity contribution < 1.29 is 14.3 Å². The summed E-state index contributed by atoms with van der Waals surface area (Å²) in [6.07, 6.45) is 4.54. The first kappa shape index (κ1) is 18.1. The molecule has 0 heterocycles. The minimum absolute atomic E-state index is 0.00199. The number of hydrogen-bond donors (Lipinski definition) is 2. The predicted molar refractivity (Wildman–Crippen MR) is 103 cm³/mol. The fraction of sp³-hybridized carbons (Fsp3) is 0.381. The summed E-state index contributed by atoms with van der Waals surface area (Å²) in [6.45, 7) is 0.620. The highest BCUT2D eigenvalue weighted by molar-refractivity contribution is 5.89. The lowest BCUT2D eigenvalue weighted by atomic mass is 9.79. The highest BCUT2D eigenvalue weighted by Gasteiger charge is 2.35. The van der Waals surface area contributed by atoms with Crippen LogP contribution in [0.15, 0.2) is 48.5 Å². The molecular weight excluding hydrogens is 328 g/mol. The first-order chi connectivity index (χ1) is 12.6. The molecule has 0 saturated heterocycles. The number of benzene rings is 2. The van der Waals surface area contributed by atoms with E-state index in [0.717, 1.165) is 18.6 Å². The Balaban J connectivity index is 1.65. The number of carbonyl (C=O) groups excluding carboxylic acids is 1. The fourth-order valence-electron chi connectivity index (χ4n) is 3.69. The number of rotatable bonds is 6. The Labute approximate surface area is 154 Å². The van der Waals surface area contributed by atoms with Crippen molar-refractivity contribution in [3.63, 3.8) is 0 Å². The van der Waals surface area contributed by atoms with Gasteiger partial charge in [0.05, 0.1) is 14.2 Å². The van der Waals surface area contributed by atoms with Crippen LogP contribution in [0.1, 0.15) is 31.2 Å². The Bertz CT molecular complexity index is 737. The van der Waals surface area contributed by atoms with E-state index in [0.29, 0.717) is 18.0 Å². The number of methoxy groups -OCH3 is 2. The van der Waals surface area contributed by atoms with Gasteiger partial charge < -0.3 is 20.1 Å². The summed E-state index contributed by atoms with van der Waals surface area (Å²) in [5.41, 5.74) is 1.97. The molecule has 2 aromatic rings. The van der Waals surface area contributed by atoms with E-state index in [-0.39, 0.29) is 11.4 Å². The van der Waals surface area contributed by atoms with Crippen LogP contribution in [0.2, 0.25) is 0 Å². The smallest absolute Gasteiger partial charge is 0.319 e. The zero-order chi connectivity index (χ0) is 18.4. The normalized spacial score (nSPS) is 15.3. The molecule has 1 fully saturated rings. The van der Waals surface area contributed by atoms with Crippen LogP contribution in [0, 0.1) is 0 Å². The largest absolute Gasteiger partial charge is 0.497 e. The first-order valence-electron chi connectivity index (χ1n) is 8.99. The van der Waals surface area contributed by atoms with Crippen LogP contribution in [0.4, 0.5) is 10.5 Å². The maximum Gasteiger partial charge on any atom is 0.319 e. The third-order valence-electron chi connectivity index (χ3n) is 5.18. The predicted octanol–water partition coefficient (Wildman–Crippen LogP) is 4.34. The molecule has 2 N–H and O–H groups in total. The maximum atomic E-state index is 12.4. The molecule has 1 aliphatic carbocycles. The molecule has 5 heteroatoms. The van der Waals surface area contributed by atoms with Gasteiger partial charge in [0.25, 0.3) is 0 Å². The first-order valence-corrected chi connectivity index (χ1v) is 8.99.